The monoisotopic (exact) mass is 358 g/mol. The van der Waals surface area contributed by atoms with Crippen LogP contribution in [0.5, 0.6) is 5.75 Å². The van der Waals surface area contributed by atoms with E-state index in [1.807, 2.05) is 0 Å². The van der Waals surface area contributed by atoms with E-state index < -0.39 is 5.82 Å². The highest BCUT2D eigenvalue weighted by Gasteiger charge is 2.24. The Bertz CT molecular complexity index is 767. The summed E-state index contributed by atoms with van der Waals surface area (Å²) in [6.45, 7) is 1.29. The van der Waals surface area contributed by atoms with Gasteiger partial charge < -0.3 is 15.4 Å². The highest BCUT2D eigenvalue weighted by molar-refractivity contribution is 5.97. The van der Waals surface area contributed by atoms with Crippen molar-refractivity contribution in [1.29, 1.82) is 0 Å². The minimum absolute atomic E-state index is 0.186. The molecule has 138 valence electrons. The fraction of sp³-hybridized carbons (Fsp3) is 0.421. The summed E-state index contributed by atoms with van der Waals surface area (Å²) in [6, 6.07) is 4.03. The van der Waals surface area contributed by atoms with Gasteiger partial charge in [-0.3, -0.25) is 9.78 Å². The average molecular weight is 358 g/mol. The number of amides is 1. The molecule has 3 rings (SSSR count). The van der Waals surface area contributed by atoms with Gasteiger partial charge in [-0.2, -0.15) is 0 Å². The van der Waals surface area contributed by atoms with Gasteiger partial charge in [0, 0.05) is 13.1 Å². The van der Waals surface area contributed by atoms with Crippen LogP contribution in [0.15, 0.2) is 30.6 Å². The number of hydrogen-bond acceptors (Lipinski definition) is 5. The maximum atomic E-state index is 13.6. The molecule has 1 unspecified atom stereocenters. The Morgan fingerprint density at radius 1 is 1.31 bits per heavy atom. The Labute approximate surface area is 152 Å². The minimum Gasteiger partial charge on any atom is -0.496 e. The van der Waals surface area contributed by atoms with Crippen LogP contribution in [0.4, 0.5) is 10.2 Å². The zero-order valence-corrected chi connectivity index (χ0v) is 14.8. The van der Waals surface area contributed by atoms with E-state index in [1.165, 1.54) is 25.3 Å². The third kappa shape index (κ3) is 4.28. The van der Waals surface area contributed by atoms with Crippen molar-refractivity contribution in [3.05, 3.63) is 47.7 Å². The Kier molecular flexibility index (Phi) is 5.65. The smallest absolute Gasteiger partial charge is 0.257 e. The van der Waals surface area contributed by atoms with Gasteiger partial charge in [-0.25, -0.2) is 9.37 Å². The predicted octanol–water partition coefficient (Wildman–Crippen LogP) is 2.69. The number of carbonyl (C=O) groups excluding carboxylic acids is 1. The number of methoxy groups -OCH3 is 1. The average Bonchev–Trinajstić information content (AvgIpc) is 2.88. The van der Waals surface area contributed by atoms with Crippen LogP contribution in [0.2, 0.25) is 0 Å². The Morgan fingerprint density at radius 2 is 2.15 bits per heavy atom. The molecule has 0 aliphatic carbocycles. The van der Waals surface area contributed by atoms with E-state index in [9.17, 15) is 9.18 Å². The van der Waals surface area contributed by atoms with E-state index in [1.54, 1.807) is 17.3 Å². The number of rotatable bonds is 4. The van der Waals surface area contributed by atoms with Gasteiger partial charge in [0.1, 0.15) is 17.4 Å². The molecule has 1 fully saturated rings. The second kappa shape index (κ2) is 8.12. The molecule has 0 radical (unpaired) electrons. The number of nitrogens with two attached hydrogens (primary N) is 1. The molecule has 1 saturated heterocycles. The molecule has 1 amide bonds. The van der Waals surface area contributed by atoms with Crippen LogP contribution >= 0.6 is 0 Å². The minimum atomic E-state index is -0.441. The molecular formula is C19H23FN4O2. The molecule has 2 N–H and O–H groups in total. The largest absolute Gasteiger partial charge is 0.496 e. The van der Waals surface area contributed by atoms with Gasteiger partial charge >= 0.3 is 0 Å². The second-order valence-electron chi connectivity index (χ2n) is 6.57. The van der Waals surface area contributed by atoms with Crippen molar-refractivity contribution in [3.63, 3.8) is 0 Å². The lowest BCUT2D eigenvalue weighted by atomic mass is 9.95. The predicted molar refractivity (Wildman–Crippen MR) is 96.3 cm³/mol. The molecule has 26 heavy (non-hydrogen) atoms. The number of halogens is 1. The number of nitrogen functional groups attached to an aromatic ring is 1. The first-order valence-electron chi connectivity index (χ1n) is 8.76. The van der Waals surface area contributed by atoms with Crippen molar-refractivity contribution in [2.75, 3.05) is 25.9 Å². The zero-order valence-electron chi connectivity index (χ0n) is 14.8. The highest BCUT2D eigenvalue weighted by Crippen LogP contribution is 2.25. The normalized spacial score (nSPS) is 17.6. The van der Waals surface area contributed by atoms with Gasteiger partial charge in [-0.15, -0.1) is 0 Å². The SMILES string of the molecule is COc1ccc(F)cc1C(=O)N1CCCC(Cc2cnc(N)cn2)CC1. The zero-order chi connectivity index (χ0) is 18.5. The molecule has 1 aromatic heterocycles. The van der Waals surface area contributed by atoms with E-state index in [2.05, 4.69) is 9.97 Å². The summed E-state index contributed by atoms with van der Waals surface area (Å²) in [5.74, 6) is 0.614. The third-order valence-electron chi connectivity index (χ3n) is 4.75. The molecule has 1 aromatic carbocycles. The molecule has 2 heterocycles. The lowest BCUT2D eigenvalue weighted by molar-refractivity contribution is 0.0756. The first-order valence-corrected chi connectivity index (χ1v) is 8.76. The number of likely N-dealkylation sites (tertiary alicyclic amines) is 1. The number of ether oxygens (including phenoxy) is 1. The van der Waals surface area contributed by atoms with Crippen LogP contribution in [0.3, 0.4) is 0 Å². The van der Waals surface area contributed by atoms with E-state index >= 15 is 0 Å². The van der Waals surface area contributed by atoms with Crippen LogP contribution in [-0.4, -0.2) is 41.0 Å². The van der Waals surface area contributed by atoms with Crippen LogP contribution in [-0.2, 0) is 6.42 Å². The first-order chi connectivity index (χ1) is 12.6. The van der Waals surface area contributed by atoms with Crippen LogP contribution in [0, 0.1) is 11.7 Å². The summed E-state index contributed by atoms with van der Waals surface area (Å²) in [5.41, 5.74) is 6.76. The van der Waals surface area contributed by atoms with Gasteiger partial charge in [0.15, 0.2) is 0 Å². The second-order valence-corrected chi connectivity index (χ2v) is 6.57. The van der Waals surface area contributed by atoms with Crippen LogP contribution < -0.4 is 10.5 Å². The van der Waals surface area contributed by atoms with Crippen molar-refractivity contribution < 1.29 is 13.9 Å². The topological polar surface area (TPSA) is 81.3 Å². The molecule has 0 spiro atoms. The Hall–Kier alpha value is -2.70. The lowest BCUT2D eigenvalue weighted by Crippen LogP contribution is -2.32. The number of carbonyl (C=O) groups is 1. The lowest BCUT2D eigenvalue weighted by Gasteiger charge is -2.22. The van der Waals surface area contributed by atoms with Crippen LogP contribution in [0.25, 0.3) is 0 Å². The van der Waals surface area contributed by atoms with Crippen molar-refractivity contribution in [2.45, 2.75) is 25.7 Å². The van der Waals surface area contributed by atoms with E-state index in [4.69, 9.17) is 10.5 Å². The summed E-state index contributed by atoms with van der Waals surface area (Å²) in [7, 11) is 1.48. The van der Waals surface area contributed by atoms with Crippen molar-refractivity contribution in [3.8, 4) is 5.75 Å². The highest BCUT2D eigenvalue weighted by atomic mass is 19.1. The summed E-state index contributed by atoms with van der Waals surface area (Å²) < 4.78 is 18.8. The standard InChI is InChI=1S/C19H23FN4O2/c1-26-17-5-4-14(20)10-16(17)19(25)24-7-2-3-13(6-8-24)9-15-11-23-18(21)12-22-15/h4-5,10-13H,2-3,6-9H2,1H3,(H2,21,23). The van der Waals surface area contributed by atoms with E-state index in [0.717, 1.165) is 31.4 Å². The molecule has 2 aromatic rings. The van der Waals surface area contributed by atoms with E-state index in [-0.39, 0.29) is 11.5 Å². The molecule has 1 atom stereocenters. The quantitative estimate of drug-likeness (QED) is 0.909. The number of aromatic nitrogens is 2. The van der Waals surface area contributed by atoms with Gasteiger partial charge in [0.2, 0.25) is 0 Å². The summed E-state index contributed by atoms with van der Waals surface area (Å²) in [4.78, 5) is 23.0. The van der Waals surface area contributed by atoms with Crippen molar-refractivity contribution in [1.82, 2.24) is 14.9 Å². The molecular weight excluding hydrogens is 335 g/mol. The van der Waals surface area contributed by atoms with Gasteiger partial charge in [0.25, 0.3) is 5.91 Å². The summed E-state index contributed by atoms with van der Waals surface area (Å²) in [5, 5.41) is 0. The van der Waals surface area contributed by atoms with E-state index in [0.29, 0.717) is 30.6 Å². The molecule has 0 saturated carbocycles. The molecule has 0 bridgehead atoms. The van der Waals surface area contributed by atoms with Crippen LogP contribution in [0.1, 0.15) is 35.3 Å². The van der Waals surface area contributed by atoms with Crippen molar-refractivity contribution >= 4 is 11.7 Å². The van der Waals surface area contributed by atoms with Gasteiger partial charge in [0.05, 0.1) is 30.8 Å². The van der Waals surface area contributed by atoms with Crippen molar-refractivity contribution in [2.24, 2.45) is 5.92 Å². The number of nitrogens with zero attached hydrogens (tertiary/aromatic N) is 3. The number of hydrogen-bond donors (Lipinski definition) is 1. The maximum absolute atomic E-state index is 13.6. The fourth-order valence-corrected chi connectivity index (χ4v) is 3.36. The molecule has 6 nitrogen and oxygen atoms in total. The number of benzene rings is 1. The maximum Gasteiger partial charge on any atom is 0.257 e. The molecule has 1 aliphatic heterocycles. The molecule has 1 aliphatic rings. The summed E-state index contributed by atoms with van der Waals surface area (Å²) >= 11 is 0. The first kappa shape index (κ1) is 18.1. The molecule has 7 heteroatoms. The Morgan fingerprint density at radius 3 is 2.88 bits per heavy atom. The Balaban J connectivity index is 1.65. The fourth-order valence-electron chi connectivity index (χ4n) is 3.36. The third-order valence-corrected chi connectivity index (χ3v) is 4.75. The van der Waals surface area contributed by atoms with Gasteiger partial charge in [-0.1, -0.05) is 0 Å². The number of anilines is 1. The van der Waals surface area contributed by atoms with Gasteiger partial charge in [-0.05, 0) is 49.8 Å². The summed E-state index contributed by atoms with van der Waals surface area (Å²) in [6.07, 6.45) is 6.87.